The highest BCUT2D eigenvalue weighted by atomic mass is 15.5. The lowest BCUT2D eigenvalue weighted by atomic mass is 9.96. The van der Waals surface area contributed by atoms with E-state index in [0.717, 1.165) is 24.9 Å². The van der Waals surface area contributed by atoms with Crippen molar-refractivity contribution < 1.29 is 0 Å². The Morgan fingerprint density at radius 1 is 0.826 bits per heavy atom. The molecule has 2 unspecified atom stereocenters. The molecule has 0 N–H and O–H groups in total. The van der Waals surface area contributed by atoms with Gasteiger partial charge in [0.15, 0.2) is 0 Å². The van der Waals surface area contributed by atoms with Crippen LogP contribution in [0.15, 0.2) is 32.7 Å². The Labute approximate surface area is 142 Å². The largest absolute Gasteiger partial charge is 0.374 e. The summed E-state index contributed by atoms with van der Waals surface area (Å²) in [5.74, 6) is 2.12. The second-order valence-electron chi connectivity index (χ2n) is 6.65. The Balaban J connectivity index is 2.69. The summed E-state index contributed by atoms with van der Waals surface area (Å²) in [6.45, 7) is 11.3. The Bertz CT molecular complexity index is 357. The van der Waals surface area contributed by atoms with Crippen molar-refractivity contribution in [3.8, 4) is 0 Å². The van der Waals surface area contributed by atoms with Crippen LogP contribution in [0.1, 0.15) is 79.1 Å². The third-order valence-corrected chi connectivity index (χ3v) is 4.70. The molecule has 0 aromatic rings. The molecule has 0 saturated heterocycles. The van der Waals surface area contributed by atoms with E-state index in [1.807, 2.05) is 0 Å². The summed E-state index contributed by atoms with van der Waals surface area (Å²) in [5.41, 5.74) is 0. The van der Waals surface area contributed by atoms with E-state index in [2.05, 4.69) is 59.5 Å². The Morgan fingerprint density at radius 3 is 1.70 bits per heavy atom. The Morgan fingerprint density at radius 2 is 1.30 bits per heavy atom. The fraction of sp³-hybridized carbons (Fsp3) is 0.889. The summed E-state index contributed by atoms with van der Waals surface area (Å²) in [6, 6.07) is 0. The van der Waals surface area contributed by atoms with Gasteiger partial charge in [-0.2, -0.15) is 0 Å². The first kappa shape index (κ1) is 19.8. The molecule has 23 heavy (non-hydrogen) atoms. The van der Waals surface area contributed by atoms with E-state index in [1.165, 1.54) is 51.4 Å². The maximum atomic E-state index is 3.98. The smallest absolute Gasteiger partial charge is 0.215 e. The van der Waals surface area contributed by atoms with Crippen LogP contribution in [0.5, 0.6) is 0 Å². The number of hydrogen-bond acceptors (Lipinski definition) is 5. The molecule has 5 heteroatoms. The van der Waals surface area contributed by atoms with Crippen LogP contribution in [0.25, 0.3) is 0 Å². The maximum absolute atomic E-state index is 3.98. The highest BCUT2D eigenvalue weighted by Gasteiger charge is 2.16. The molecule has 0 saturated carbocycles. The van der Waals surface area contributed by atoms with E-state index >= 15 is 0 Å². The van der Waals surface area contributed by atoms with Crippen LogP contribution in [-0.4, -0.2) is 18.0 Å². The van der Waals surface area contributed by atoms with Gasteiger partial charge in [0.1, 0.15) is 0 Å². The van der Waals surface area contributed by atoms with Gasteiger partial charge in [-0.25, -0.2) is 0 Å². The first-order valence-electron chi connectivity index (χ1n) is 9.50. The van der Waals surface area contributed by atoms with Crippen molar-refractivity contribution in [2.45, 2.75) is 79.1 Å². The van der Waals surface area contributed by atoms with E-state index in [4.69, 9.17) is 0 Å². The molecule has 0 amide bonds. The van der Waals surface area contributed by atoms with E-state index in [1.54, 1.807) is 0 Å². The summed E-state index contributed by atoms with van der Waals surface area (Å²) in [5, 5.41) is 15.2. The van der Waals surface area contributed by atoms with Gasteiger partial charge in [-0.15, -0.1) is 10.2 Å². The fourth-order valence-corrected chi connectivity index (χ4v) is 3.04. The van der Waals surface area contributed by atoms with Gasteiger partial charge in [0.05, 0.1) is 0 Å². The van der Waals surface area contributed by atoms with Gasteiger partial charge in [-0.1, -0.05) is 66.2 Å². The molecular weight excluding hydrogens is 286 g/mol. The Hall–Kier alpha value is -1.26. The van der Waals surface area contributed by atoms with Crippen molar-refractivity contribution in [2.24, 2.45) is 32.5 Å². The van der Waals surface area contributed by atoms with Crippen molar-refractivity contribution >= 4 is 0 Å². The minimum absolute atomic E-state index is 0.640. The zero-order chi connectivity index (χ0) is 16.9. The van der Waals surface area contributed by atoms with E-state index in [0.29, 0.717) is 5.82 Å². The molecular formula is C18H35N5. The second kappa shape index (κ2) is 12.2. The molecule has 5 nitrogen and oxygen atoms in total. The van der Waals surface area contributed by atoms with E-state index < -0.39 is 0 Å². The third-order valence-electron chi connectivity index (χ3n) is 4.70. The van der Waals surface area contributed by atoms with Crippen molar-refractivity contribution in [1.29, 1.82) is 0 Å². The molecule has 2 atom stereocenters. The zero-order valence-electron chi connectivity index (χ0n) is 15.5. The van der Waals surface area contributed by atoms with Gasteiger partial charge >= 0.3 is 0 Å². The molecule has 0 aromatic heterocycles. The average molecular weight is 322 g/mol. The minimum Gasteiger partial charge on any atom is -0.374 e. The lowest BCUT2D eigenvalue weighted by Crippen LogP contribution is -2.30. The summed E-state index contributed by atoms with van der Waals surface area (Å²) < 4.78 is 0. The molecule has 0 spiro atoms. The average Bonchev–Trinajstić information content (AvgIpc) is 3.07. The highest BCUT2D eigenvalue weighted by molar-refractivity contribution is 4.97. The summed E-state index contributed by atoms with van der Waals surface area (Å²) in [7, 11) is 0. The van der Waals surface area contributed by atoms with Crippen LogP contribution in [0, 0.1) is 11.8 Å². The normalized spacial score (nSPS) is 15.9. The topological polar surface area (TPSA) is 52.7 Å². The summed E-state index contributed by atoms with van der Waals surface area (Å²) in [4.78, 5) is 2.42. The van der Waals surface area contributed by atoms with Crippen LogP contribution in [-0.2, 0) is 0 Å². The van der Waals surface area contributed by atoms with Crippen molar-refractivity contribution in [3.05, 3.63) is 12.0 Å². The summed E-state index contributed by atoms with van der Waals surface area (Å²) in [6.07, 6.45) is 12.3. The van der Waals surface area contributed by atoms with Crippen LogP contribution in [0.3, 0.4) is 0 Å². The number of hydrogen-bond donors (Lipinski definition) is 0. The molecule has 0 aliphatic carbocycles. The molecule has 0 bridgehead atoms. The van der Waals surface area contributed by atoms with E-state index in [-0.39, 0.29) is 0 Å². The van der Waals surface area contributed by atoms with Gasteiger partial charge in [0.2, 0.25) is 5.82 Å². The quantitative estimate of drug-likeness (QED) is 0.389. The van der Waals surface area contributed by atoms with Crippen LogP contribution < -0.4 is 0 Å². The first-order chi connectivity index (χ1) is 11.2. The third kappa shape index (κ3) is 8.24. The van der Waals surface area contributed by atoms with Crippen LogP contribution in [0.2, 0.25) is 0 Å². The van der Waals surface area contributed by atoms with Crippen molar-refractivity contribution in [2.75, 3.05) is 13.1 Å². The predicted octanol–water partition coefficient (Wildman–Crippen LogP) is 6.35. The monoisotopic (exact) mass is 321 g/mol. The Kier molecular flexibility index (Phi) is 10.5. The molecule has 1 rings (SSSR count). The molecule has 0 aromatic carbocycles. The molecule has 1 aliphatic rings. The van der Waals surface area contributed by atoms with Crippen molar-refractivity contribution in [1.82, 2.24) is 4.90 Å². The molecule has 0 fully saturated rings. The lowest BCUT2D eigenvalue weighted by Gasteiger charge is -2.29. The number of rotatable bonds is 13. The van der Waals surface area contributed by atoms with Gasteiger partial charge in [-0.3, -0.25) is 0 Å². The molecule has 1 aliphatic heterocycles. The number of unbranched alkanes of at least 4 members (excludes halogenated alkanes) is 2. The van der Waals surface area contributed by atoms with Gasteiger partial charge in [0, 0.05) is 19.3 Å². The SMILES string of the molecule is CCCCC(CC)CN(C=C1N=NN=N1)CC(CC)CCCC. The van der Waals surface area contributed by atoms with Crippen LogP contribution >= 0.6 is 0 Å². The number of nitrogens with zero attached hydrogens (tertiary/aromatic N) is 5. The molecule has 0 radical (unpaired) electrons. The fourth-order valence-electron chi connectivity index (χ4n) is 3.04. The van der Waals surface area contributed by atoms with Gasteiger partial charge in [0.25, 0.3) is 0 Å². The minimum atomic E-state index is 0.640. The molecule has 132 valence electrons. The van der Waals surface area contributed by atoms with Gasteiger partial charge in [-0.05, 0) is 35.1 Å². The van der Waals surface area contributed by atoms with E-state index in [9.17, 15) is 0 Å². The zero-order valence-corrected chi connectivity index (χ0v) is 15.5. The van der Waals surface area contributed by atoms with Gasteiger partial charge < -0.3 is 4.90 Å². The standard InChI is InChI=1S/C18H35N5/c1-5-9-11-16(7-3)13-23(15-18-19-21-22-20-18)14-17(8-4)12-10-6-2/h15-17H,5-14H2,1-4H3. The second-order valence-corrected chi connectivity index (χ2v) is 6.65. The summed E-state index contributed by atoms with van der Waals surface area (Å²) >= 11 is 0. The lowest BCUT2D eigenvalue weighted by molar-refractivity contribution is 0.238. The highest BCUT2D eigenvalue weighted by Crippen LogP contribution is 2.21. The molecule has 1 heterocycles. The predicted molar refractivity (Wildman–Crippen MR) is 96.0 cm³/mol. The maximum Gasteiger partial charge on any atom is 0.215 e. The van der Waals surface area contributed by atoms with Crippen molar-refractivity contribution in [3.63, 3.8) is 0 Å². The first-order valence-corrected chi connectivity index (χ1v) is 9.50. The van der Waals surface area contributed by atoms with Crippen LogP contribution in [0.4, 0.5) is 0 Å².